The van der Waals surface area contributed by atoms with Gasteiger partial charge in [-0.25, -0.2) is 0 Å². The number of nitro groups is 1. The molecule has 0 bridgehead atoms. The number of nitrogens with zero attached hydrogens (tertiary/aromatic N) is 1. The molecule has 2 aromatic rings. The van der Waals surface area contributed by atoms with Crippen molar-refractivity contribution in [3.8, 4) is 5.75 Å². The van der Waals surface area contributed by atoms with Gasteiger partial charge in [-0.3, -0.25) is 10.1 Å². The van der Waals surface area contributed by atoms with Crippen molar-refractivity contribution < 1.29 is 14.8 Å². The van der Waals surface area contributed by atoms with Crippen molar-refractivity contribution in [3.05, 3.63) is 62.7 Å². The molecule has 2 rings (SSSR count). The van der Waals surface area contributed by atoms with Crippen LogP contribution in [0.25, 0.3) is 0 Å². The van der Waals surface area contributed by atoms with Crippen LogP contribution in [-0.2, 0) is 0 Å². The summed E-state index contributed by atoms with van der Waals surface area (Å²) in [6.07, 6.45) is -0.768. The third kappa shape index (κ3) is 4.12. The maximum absolute atomic E-state index is 10.8. The molecule has 0 saturated heterocycles. The standard InChI is InChI=1S/C16H17ClN2O4/c1-10-6-12(19(21)22)8-14(17)16(10)18-9-15(20)11-4-3-5-13(7-11)23-2/h3-8,15,18,20H,9H2,1-2H3. The number of ether oxygens (including phenoxy) is 1. The van der Waals surface area contributed by atoms with E-state index < -0.39 is 11.0 Å². The van der Waals surface area contributed by atoms with Gasteiger partial charge < -0.3 is 15.2 Å². The number of nitrogens with one attached hydrogen (secondary N) is 1. The molecule has 0 aromatic heterocycles. The van der Waals surface area contributed by atoms with Gasteiger partial charge in [-0.15, -0.1) is 0 Å². The van der Waals surface area contributed by atoms with E-state index in [0.29, 0.717) is 22.6 Å². The van der Waals surface area contributed by atoms with E-state index in [1.807, 2.05) is 0 Å². The molecule has 0 aliphatic heterocycles. The van der Waals surface area contributed by atoms with Gasteiger partial charge in [-0.05, 0) is 30.2 Å². The van der Waals surface area contributed by atoms with E-state index in [-0.39, 0.29) is 17.3 Å². The molecular formula is C16H17ClN2O4. The zero-order chi connectivity index (χ0) is 17.0. The van der Waals surface area contributed by atoms with Crippen molar-refractivity contribution in [1.29, 1.82) is 0 Å². The molecule has 1 unspecified atom stereocenters. The lowest BCUT2D eigenvalue weighted by Crippen LogP contribution is -2.13. The van der Waals surface area contributed by atoms with E-state index in [4.69, 9.17) is 16.3 Å². The lowest BCUT2D eigenvalue weighted by atomic mass is 10.1. The highest BCUT2D eigenvalue weighted by Gasteiger charge is 2.15. The summed E-state index contributed by atoms with van der Waals surface area (Å²) in [4.78, 5) is 10.3. The molecule has 0 spiro atoms. The van der Waals surface area contributed by atoms with Crippen LogP contribution in [0.2, 0.25) is 5.02 Å². The molecule has 23 heavy (non-hydrogen) atoms. The Kier molecular flexibility index (Phi) is 5.41. The molecule has 1 atom stereocenters. The number of aliphatic hydroxyl groups is 1. The van der Waals surface area contributed by atoms with Crippen LogP contribution in [0.1, 0.15) is 17.2 Å². The van der Waals surface area contributed by atoms with E-state index in [1.165, 1.54) is 12.1 Å². The van der Waals surface area contributed by atoms with Gasteiger partial charge in [0.25, 0.3) is 5.69 Å². The zero-order valence-electron chi connectivity index (χ0n) is 12.7. The van der Waals surface area contributed by atoms with Crippen LogP contribution < -0.4 is 10.1 Å². The summed E-state index contributed by atoms with van der Waals surface area (Å²) in [6.45, 7) is 1.94. The molecule has 0 radical (unpaired) electrons. The van der Waals surface area contributed by atoms with E-state index in [2.05, 4.69) is 5.32 Å². The van der Waals surface area contributed by atoms with Crippen LogP contribution >= 0.6 is 11.6 Å². The van der Waals surface area contributed by atoms with E-state index in [1.54, 1.807) is 38.3 Å². The normalized spacial score (nSPS) is 11.8. The Bertz CT molecular complexity index is 698. The van der Waals surface area contributed by atoms with E-state index in [0.717, 1.165) is 0 Å². The van der Waals surface area contributed by atoms with Crippen molar-refractivity contribution in [3.63, 3.8) is 0 Å². The van der Waals surface area contributed by atoms with Gasteiger partial charge in [-0.2, -0.15) is 0 Å². The molecule has 0 heterocycles. The topological polar surface area (TPSA) is 84.6 Å². The van der Waals surface area contributed by atoms with Gasteiger partial charge in [0.15, 0.2) is 0 Å². The Morgan fingerprint density at radius 2 is 2.13 bits per heavy atom. The van der Waals surface area contributed by atoms with Gasteiger partial charge in [-0.1, -0.05) is 23.7 Å². The summed E-state index contributed by atoms with van der Waals surface area (Å²) in [5.41, 5.74) is 1.85. The lowest BCUT2D eigenvalue weighted by molar-refractivity contribution is -0.384. The lowest BCUT2D eigenvalue weighted by Gasteiger charge is -2.16. The minimum Gasteiger partial charge on any atom is -0.497 e. The Hall–Kier alpha value is -2.31. The minimum absolute atomic E-state index is 0.0635. The monoisotopic (exact) mass is 336 g/mol. The van der Waals surface area contributed by atoms with E-state index >= 15 is 0 Å². The molecule has 6 nitrogen and oxygen atoms in total. The predicted molar refractivity (Wildman–Crippen MR) is 89.3 cm³/mol. The third-order valence-corrected chi connectivity index (χ3v) is 3.73. The summed E-state index contributed by atoms with van der Waals surface area (Å²) in [5.74, 6) is 0.658. The first-order valence-corrected chi connectivity index (χ1v) is 7.30. The van der Waals surface area contributed by atoms with Gasteiger partial charge in [0.05, 0.1) is 28.8 Å². The molecular weight excluding hydrogens is 320 g/mol. The molecule has 122 valence electrons. The first-order chi connectivity index (χ1) is 10.9. The SMILES string of the molecule is COc1cccc(C(O)CNc2c(C)cc([N+](=O)[O-])cc2Cl)c1. The Balaban J connectivity index is 2.12. The van der Waals surface area contributed by atoms with Gasteiger partial charge >= 0.3 is 0 Å². The van der Waals surface area contributed by atoms with Gasteiger partial charge in [0.1, 0.15) is 5.75 Å². The molecule has 2 N–H and O–H groups in total. The van der Waals surface area contributed by atoms with Crippen LogP contribution in [-0.4, -0.2) is 23.7 Å². The van der Waals surface area contributed by atoms with Crippen LogP contribution in [0.5, 0.6) is 5.75 Å². The number of hydrogen-bond acceptors (Lipinski definition) is 5. The van der Waals surface area contributed by atoms with Crippen molar-refractivity contribution in [2.45, 2.75) is 13.0 Å². The first-order valence-electron chi connectivity index (χ1n) is 6.92. The fourth-order valence-electron chi connectivity index (χ4n) is 2.22. The minimum atomic E-state index is -0.768. The number of nitro benzene ring substituents is 1. The number of benzene rings is 2. The predicted octanol–water partition coefficient (Wildman–Crippen LogP) is 3.71. The summed E-state index contributed by atoms with van der Waals surface area (Å²) in [6, 6.07) is 9.85. The number of rotatable bonds is 6. The molecule has 2 aromatic carbocycles. The number of aliphatic hydroxyl groups excluding tert-OH is 1. The molecule has 0 amide bonds. The molecule has 0 aliphatic carbocycles. The summed E-state index contributed by atoms with van der Waals surface area (Å²) >= 11 is 6.09. The fourth-order valence-corrected chi connectivity index (χ4v) is 2.55. The first kappa shape index (κ1) is 17.1. The quantitative estimate of drug-likeness (QED) is 0.620. The second-order valence-electron chi connectivity index (χ2n) is 5.05. The molecule has 0 saturated carbocycles. The largest absolute Gasteiger partial charge is 0.497 e. The number of hydrogen-bond donors (Lipinski definition) is 2. The number of halogens is 1. The average molecular weight is 337 g/mol. The second-order valence-corrected chi connectivity index (χ2v) is 5.46. The Morgan fingerprint density at radius 1 is 1.39 bits per heavy atom. The molecule has 0 aliphatic rings. The summed E-state index contributed by atoms with van der Waals surface area (Å²) in [5, 5.41) is 24.3. The fraction of sp³-hybridized carbons (Fsp3) is 0.250. The maximum Gasteiger partial charge on any atom is 0.271 e. The van der Waals surface area contributed by atoms with Gasteiger partial charge in [0, 0.05) is 18.7 Å². The van der Waals surface area contributed by atoms with Crippen LogP contribution in [0.4, 0.5) is 11.4 Å². The van der Waals surface area contributed by atoms with E-state index in [9.17, 15) is 15.2 Å². The van der Waals surface area contributed by atoms with Crippen molar-refractivity contribution in [2.75, 3.05) is 19.0 Å². The summed E-state index contributed by atoms with van der Waals surface area (Å²) < 4.78 is 5.13. The highest BCUT2D eigenvalue weighted by atomic mass is 35.5. The van der Waals surface area contributed by atoms with Crippen molar-refractivity contribution in [1.82, 2.24) is 0 Å². The Labute approximate surface area is 138 Å². The highest BCUT2D eigenvalue weighted by Crippen LogP contribution is 2.31. The second kappa shape index (κ2) is 7.30. The Morgan fingerprint density at radius 3 is 2.74 bits per heavy atom. The highest BCUT2D eigenvalue weighted by molar-refractivity contribution is 6.33. The zero-order valence-corrected chi connectivity index (χ0v) is 13.5. The number of anilines is 1. The average Bonchev–Trinajstić information content (AvgIpc) is 2.53. The third-order valence-electron chi connectivity index (χ3n) is 3.43. The van der Waals surface area contributed by atoms with Crippen LogP contribution in [0.3, 0.4) is 0 Å². The maximum atomic E-state index is 10.8. The number of methoxy groups -OCH3 is 1. The number of aryl methyl sites for hydroxylation is 1. The number of non-ortho nitro benzene ring substituents is 1. The molecule has 7 heteroatoms. The van der Waals surface area contributed by atoms with Crippen LogP contribution in [0.15, 0.2) is 36.4 Å². The van der Waals surface area contributed by atoms with Crippen molar-refractivity contribution in [2.24, 2.45) is 0 Å². The smallest absolute Gasteiger partial charge is 0.271 e. The van der Waals surface area contributed by atoms with Crippen molar-refractivity contribution >= 4 is 23.0 Å². The summed E-state index contributed by atoms with van der Waals surface area (Å²) in [7, 11) is 1.56. The van der Waals surface area contributed by atoms with Crippen LogP contribution in [0, 0.1) is 17.0 Å². The van der Waals surface area contributed by atoms with Gasteiger partial charge in [0.2, 0.25) is 0 Å². The molecule has 0 fully saturated rings.